The minimum Gasteiger partial charge on any atom is -0.404 e. The summed E-state index contributed by atoms with van der Waals surface area (Å²) in [5.74, 6) is 0. The Morgan fingerprint density at radius 1 is 1.13 bits per heavy atom. The van der Waals surface area contributed by atoms with Gasteiger partial charge >= 0.3 is 0 Å². The molecule has 1 fully saturated rings. The van der Waals surface area contributed by atoms with E-state index in [9.17, 15) is 4.79 Å². The zero-order chi connectivity index (χ0) is 35.8. The molecule has 0 unspecified atom stereocenters. The van der Waals surface area contributed by atoms with Crippen molar-refractivity contribution in [2.75, 3.05) is 38.6 Å². The summed E-state index contributed by atoms with van der Waals surface area (Å²) in [6.45, 7) is 21.8. The van der Waals surface area contributed by atoms with Gasteiger partial charge in [0.05, 0.1) is 23.4 Å². The van der Waals surface area contributed by atoms with E-state index in [0.717, 1.165) is 106 Å². The first-order chi connectivity index (χ1) is 22.6. The Labute approximate surface area is 282 Å². The summed E-state index contributed by atoms with van der Waals surface area (Å²) in [5.41, 5.74) is 24.1. The van der Waals surface area contributed by atoms with Gasteiger partial charge < -0.3 is 42.4 Å². The highest BCUT2D eigenvalue weighted by atomic mass is 16.5. The minimum atomic E-state index is 0.189. The van der Waals surface area contributed by atoms with Gasteiger partial charge in [0.2, 0.25) is 6.41 Å². The van der Waals surface area contributed by atoms with Crippen LogP contribution in [0.1, 0.15) is 89.6 Å². The second-order valence-electron chi connectivity index (χ2n) is 11.2. The lowest BCUT2D eigenvalue weighted by Gasteiger charge is -2.32. The number of pyridine rings is 1. The minimum absolute atomic E-state index is 0.189. The summed E-state index contributed by atoms with van der Waals surface area (Å²) >= 11 is 0. The zero-order valence-corrected chi connectivity index (χ0v) is 29.6. The normalized spacial score (nSPS) is 16.9. The van der Waals surface area contributed by atoms with Gasteiger partial charge in [0, 0.05) is 73.7 Å². The molecule has 0 spiro atoms. The molecule has 2 heterocycles. The number of allylic oxidation sites excluding steroid dienone is 2. The number of nitrogens with two attached hydrogens (primary N) is 3. The number of nitrogen functional groups attached to an aromatic ring is 1. The van der Waals surface area contributed by atoms with E-state index in [2.05, 4.69) is 32.1 Å². The van der Waals surface area contributed by atoms with Gasteiger partial charge in [-0.25, -0.2) is 4.98 Å². The average Bonchev–Trinajstić information content (AvgIpc) is 3.06. The summed E-state index contributed by atoms with van der Waals surface area (Å²) in [6.07, 6.45) is 12.4. The molecular formula is C36H60N8O3. The van der Waals surface area contributed by atoms with E-state index in [1.54, 1.807) is 18.0 Å². The first-order valence-corrected chi connectivity index (χ1v) is 16.4. The van der Waals surface area contributed by atoms with Crippen LogP contribution in [0.5, 0.6) is 0 Å². The number of hydrogen-bond donors (Lipinski definition) is 5. The first-order valence-electron chi connectivity index (χ1n) is 16.4. The van der Waals surface area contributed by atoms with Crippen LogP contribution in [0.3, 0.4) is 0 Å². The molecule has 1 amide bonds. The molecule has 2 atom stereocenters. The van der Waals surface area contributed by atoms with E-state index in [1.807, 2.05) is 39.1 Å². The molecule has 47 heavy (non-hydrogen) atoms. The van der Waals surface area contributed by atoms with E-state index in [1.165, 1.54) is 17.3 Å². The smallest absolute Gasteiger partial charge is 0.209 e. The molecule has 11 nitrogen and oxygen atoms in total. The molecule has 2 aliphatic rings. The van der Waals surface area contributed by atoms with E-state index >= 15 is 0 Å². The van der Waals surface area contributed by atoms with Crippen molar-refractivity contribution >= 4 is 47.7 Å². The third-order valence-electron chi connectivity index (χ3n) is 6.87. The van der Waals surface area contributed by atoms with Crippen LogP contribution in [0.25, 0.3) is 16.5 Å². The third-order valence-corrected chi connectivity index (χ3v) is 6.87. The lowest BCUT2D eigenvalue weighted by molar-refractivity contribution is -0.130. The highest BCUT2D eigenvalue weighted by molar-refractivity contribution is 6.11. The number of ether oxygens (including phenoxy) is 2. The number of morpholine rings is 1. The Bertz CT molecular complexity index is 1280. The van der Waals surface area contributed by atoms with E-state index in [0.29, 0.717) is 11.4 Å². The maximum Gasteiger partial charge on any atom is 0.209 e. The van der Waals surface area contributed by atoms with Crippen molar-refractivity contribution in [1.29, 1.82) is 10.8 Å². The quantitative estimate of drug-likeness (QED) is 0.0963. The highest BCUT2D eigenvalue weighted by Gasteiger charge is 2.22. The van der Waals surface area contributed by atoms with Crippen molar-refractivity contribution < 1.29 is 14.3 Å². The third kappa shape index (κ3) is 15.4. The van der Waals surface area contributed by atoms with E-state index in [-0.39, 0.29) is 12.2 Å². The molecular weight excluding hydrogens is 592 g/mol. The monoisotopic (exact) mass is 652 g/mol. The molecule has 262 valence electrons. The summed E-state index contributed by atoms with van der Waals surface area (Å²) in [4.78, 5) is 21.4. The maximum absolute atomic E-state index is 10.3. The van der Waals surface area contributed by atoms with Gasteiger partial charge in [0.25, 0.3) is 0 Å². The van der Waals surface area contributed by atoms with Crippen molar-refractivity contribution in [2.45, 2.75) is 92.3 Å². The number of aliphatic imine (C=N–C) groups is 1. The van der Waals surface area contributed by atoms with Gasteiger partial charge in [-0.05, 0) is 102 Å². The van der Waals surface area contributed by atoms with Crippen molar-refractivity contribution in [1.82, 2.24) is 9.88 Å². The summed E-state index contributed by atoms with van der Waals surface area (Å²) in [7, 11) is 0. The van der Waals surface area contributed by atoms with Gasteiger partial charge in [-0.2, -0.15) is 0 Å². The van der Waals surface area contributed by atoms with Gasteiger partial charge in [-0.15, -0.1) is 0 Å². The van der Waals surface area contributed by atoms with Crippen LogP contribution < -0.4 is 17.2 Å². The fourth-order valence-electron chi connectivity index (χ4n) is 5.13. The Kier molecular flexibility index (Phi) is 22.9. The molecule has 1 aromatic heterocycles. The number of aromatic nitrogens is 1. The van der Waals surface area contributed by atoms with Gasteiger partial charge in [0.15, 0.2) is 0 Å². The van der Waals surface area contributed by atoms with Crippen molar-refractivity contribution in [3.8, 4) is 0 Å². The molecule has 1 aliphatic carbocycles. The molecule has 0 radical (unpaired) electrons. The average molecular weight is 653 g/mol. The maximum atomic E-state index is 10.3. The number of anilines is 1. The Hall–Kier alpha value is -4.09. The first kappa shape index (κ1) is 42.9. The number of aryl methyl sites for hydroxylation is 1. The van der Waals surface area contributed by atoms with E-state index < -0.39 is 0 Å². The lowest BCUT2D eigenvalue weighted by atomic mass is 9.85. The topological polar surface area (TPSA) is 190 Å². The Balaban J connectivity index is 0.000000787. The van der Waals surface area contributed by atoms with Crippen LogP contribution in [-0.2, 0) is 27.1 Å². The molecule has 4 rings (SSSR count). The summed E-state index contributed by atoms with van der Waals surface area (Å²) < 4.78 is 10.4. The molecule has 0 bridgehead atoms. The van der Waals surface area contributed by atoms with Gasteiger partial charge in [-0.3, -0.25) is 9.79 Å². The number of nitrogens with one attached hydrogen (secondary N) is 2. The number of carbonyl (C=O) groups excluding carboxylic acids is 1. The number of hydrogen-bond acceptors (Lipinski definition) is 10. The molecule has 1 aromatic carbocycles. The molecule has 11 heteroatoms. The van der Waals surface area contributed by atoms with Crippen LogP contribution in [-0.4, -0.2) is 80.5 Å². The molecule has 2 aromatic rings. The second-order valence-corrected chi connectivity index (χ2v) is 11.2. The highest BCUT2D eigenvalue weighted by Crippen LogP contribution is 2.35. The van der Waals surface area contributed by atoms with E-state index in [4.69, 9.17) is 42.5 Å². The van der Waals surface area contributed by atoms with Crippen molar-refractivity contribution in [3.05, 3.63) is 53.0 Å². The lowest BCUT2D eigenvalue weighted by Crippen LogP contribution is -2.44. The second kappa shape index (κ2) is 25.1. The molecule has 0 saturated carbocycles. The van der Waals surface area contributed by atoms with Gasteiger partial charge in [-0.1, -0.05) is 20.4 Å². The van der Waals surface area contributed by atoms with Crippen molar-refractivity contribution in [3.63, 3.8) is 0 Å². The Morgan fingerprint density at radius 2 is 1.72 bits per heavy atom. The van der Waals surface area contributed by atoms with Crippen LogP contribution in [0, 0.1) is 10.8 Å². The van der Waals surface area contributed by atoms with Crippen LogP contribution in [0.2, 0.25) is 0 Å². The zero-order valence-electron chi connectivity index (χ0n) is 29.6. The SMILES string of the molecule is C=C(C)N.C=N.CCCN=C/C(=C\N)c1nc2ccc(N)c(C=N)c2c2c1CCCC2.CCCOCC.C[C@@H]1CN(C=O)C[C@H](C)O1. The number of rotatable bonds is 9. The summed E-state index contributed by atoms with van der Waals surface area (Å²) in [5, 5.41) is 14.3. The number of fused-ring (bicyclic) bond motifs is 3. The largest absolute Gasteiger partial charge is 0.404 e. The molecule has 1 aliphatic heterocycles. The Morgan fingerprint density at radius 3 is 2.19 bits per heavy atom. The van der Waals surface area contributed by atoms with Crippen LogP contribution in [0.4, 0.5) is 5.69 Å². The molecule has 1 saturated heterocycles. The molecule has 8 N–H and O–H groups in total. The number of carbonyl (C=O) groups is 1. The van der Waals surface area contributed by atoms with Gasteiger partial charge in [0.1, 0.15) is 0 Å². The fourth-order valence-corrected chi connectivity index (χ4v) is 5.13. The fraction of sp³-hybridized carbons (Fsp3) is 0.528. The predicted molar refractivity (Wildman–Crippen MR) is 200 cm³/mol. The summed E-state index contributed by atoms with van der Waals surface area (Å²) in [6, 6.07) is 3.76. The predicted octanol–water partition coefficient (Wildman–Crippen LogP) is 5.90. The standard InChI is InChI=1S/C20H25N5.C7H13NO2.C5H12O.C3H7N.CH3N/c1-2-9-24-12-13(10-21)20-15-6-4-3-5-14(15)19-16(11-22)17(23)7-8-18(19)25-20;1-6-3-8(5-9)4-7(2)10-6;1-3-5-6-4-2;1-3(2)4;1-2/h7-8,10-12,22H,2-6,9,21,23H2,1H3;5-7H,3-4H2,1-2H3;3-5H2,1-2H3;1,4H2,2H3;2H,1H2/b13-10+,22-11?,24-12?;;;;/t;6-,7+;;;. The number of benzene rings is 1. The van der Waals surface area contributed by atoms with Crippen LogP contribution in [0.15, 0.2) is 35.6 Å². The van der Waals surface area contributed by atoms with Crippen molar-refractivity contribution in [2.24, 2.45) is 16.5 Å². The number of nitrogens with zero attached hydrogens (tertiary/aromatic N) is 3. The van der Waals surface area contributed by atoms with Crippen LogP contribution >= 0.6 is 0 Å². The number of amides is 1.